The van der Waals surface area contributed by atoms with Crippen molar-refractivity contribution in [3.63, 3.8) is 0 Å². The van der Waals surface area contributed by atoms with Gasteiger partial charge in [-0.15, -0.1) is 11.3 Å². The molecule has 3 aromatic heterocycles. The molecule has 0 amide bonds. The highest BCUT2D eigenvalue weighted by atomic mass is 32.1. The van der Waals surface area contributed by atoms with Crippen molar-refractivity contribution in [3.05, 3.63) is 114 Å². The van der Waals surface area contributed by atoms with Crippen molar-refractivity contribution in [2.75, 3.05) is 14.2 Å². The first-order valence-electron chi connectivity index (χ1n) is 13.4. The number of rotatable bonds is 7. The second-order valence-corrected chi connectivity index (χ2v) is 11.7. The number of thiophene rings is 1. The van der Waals surface area contributed by atoms with Gasteiger partial charge in [0.15, 0.2) is 16.3 Å². The predicted octanol–water partition coefficient (Wildman–Crippen LogP) is 4.26. The highest BCUT2D eigenvalue weighted by Gasteiger charge is 2.34. The molecule has 0 saturated carbocycles. The molecule has 0 fully saturated rings. The van der Waals surface area contributed by atoms with Gasteiger partial charge in [0.05, 0.1) is 46.6 Å². The lowest BCUT2D eigenvalue weighted by Crippen LogP contribution is -2.39. The second-order valence-electron chi connectivity index (χ2n) is 9.77. The van der Waals surface area contributed by atoms with E-state index in [1.807, 2.05) is 60.1 Å². The van der Waals surface area contributed by atoms with E-state index in [0.29, 0.717) is 20.6 Å². The van der Waals surface area contributed by atoms with Gasteiger partial charge < -0.3 is 14.2 Å². The average Bonchev–Trinajstić information content (AvgIpc) is 3.76. The number of methoxy groups -OCH3 is 2. The normalized spacial score (nSPS) is 14.6. The zero-order valence-corrected chi connectivity index (χ0v) is 25.8. The summed E-state index contributed by atoms with van der Waals surface area (Å²) in [6, 6.07) is 17.7. The molecule has 10 nitrogen and oxygen atoms in total. The Bertz CT molecular complexity index is 2110. The third-order valence-corrected chi connectivity index (χ3v) is 8.85. The summed E-state index contributed by atoms with van der Waals surface area (Å²) in [5.74, 6) is -0.633. The predicted molar refractivity (Wildman–Crippen MR) is 167 cm³/mol. The smallest absolute Gasteiger partial charge is 0.338 e. The monoisotopic (exact) mass is 626 g/mol. The molecule has 1 aliphatic heterocycles. The first kappa shape index (κ1) is 29.0. The molecule has 222 valence electrons. The van der Waals surface area contributed by atoms with Crippen LogP contribution in [-0.2, 0) is 14.3 Å². The number of nitrogens with zero attached hydrogens (tertiary/aromatic N) is 4. The number of fused-ring (bicyclic) bond motifs is 1. The summed E-state index contributed by atoms with van der Waals surface area (Å²) in [6.07, 6.45) is 3.70. The van der Waals surface area contributed by atoms with Crippen molar-refractivity contribution in [2.24, 2.45) is 4.99 Å². The van der Waals surface area contributed by atoms with Gasteiger partial charge in [0.25, 0.3) is 5.56 Å². The molecule has 0 bridgehead atoms. The van der Waals surface area contributed by atoms with Crippen LogP contribution in [0.25, 0.3) is 22.3 Å². The third-order valence-electron chi connectivity index (χ3n) is 6.99. The van der Waals surface area contributed by atoms with Crippen LogP contribution in [0.3, 0.4) is 0 Å². The molecule has 0 spiro atoms. The molecule has 12 heteroatoms. The Labute approximate surface area is 259 Å². The molecule has 0 unspecified atom stereocenters. The van der Waals surface area contributed by atoms with Crippen LogP contribution in [0.2, 0.25) is 0 Å². The summed E-state index contributed by atoms with van der Waals surface area (Å²) in [6.45, 7) is 3.00. The second kappa shape index (κ2) is 11.9. The van der Waals surface area contributed by atoms with E-state index in [1.54, 1.807) is 41.1 Å². The molecule has 0 saturated heterocycles. The molecule has 0 N–H and O–H groups in total. The Hall–Kier alpha value is -5.07. The van der Waals surface area contributed by atoms with Crippen LogP contribution in [0, 0.1) is 0 Å². The summed E-state index contributed by atoms with van der Waals surface area (Å²) in [5.41, 5.74) is 3.24. The molecular formula is C32H26N4O6S2. The summed E-state index contributed by atoms with van der Waals surface area (Å²) < 4.78 is 19.6. The zero-order chi connectivity index (χ0) is 31.0. The molecule has 44 heavy (non-hydrogen) atoms. The fourth-order valence-electron chi connectivity index (χ4n) is 5.05. The molecular weight excluding hydrogens is 601 g/mol. The number of para-hydroxylation sites is 1. The van der Waals surface area contributed by atoms with Gasteiger partial charge in [0.1, 0.15) is 5.69 Å². The van der Waals surface area contributed by atoms with Crippen LogP contribution in [0.1, 0.15) is 31.0 Å². The van der Waals surface area contributed by atoms with Gasteiger partial charge in [0.2, 0.25) is 0 Å². The van der Waals surface area contributed by atoms with Crippen molar-refractivity contribution in [1.82, 2.24) is 14.3 Å². The Kier molecular flexibility index (Phi) is 7.85. The van der Waals surface area contributed by atoms with E-state index in [0.717, 1.165) is 21.8 Å². The van der Waals surface area contributed by atoms with Crippen LogP contribution in [0.4, 0.5) is 0 Å². The van der Waals surface area contributed by atoms with Crippen LogP contribution >= 0.6 is 22.7 Å². The molecule has 1 aliphatic rings. The first-order chi connectivity index (χ1) is 21.3. The summed E-state index contributed by atoms with van der Waals surface area (Å²) in [5, 5.41) is 6.83. The SMILES string of the molecule is COC(=O)C1=C(C)N=c2s/c(=C\c3cn(-c4ccccc4)nc3-c3cccs3)c(=O)n2[C@@H]1c1ccc(OC(C)=O)c(OC)c1. The lowest BCUT2D eigenvalue weighted by molar-refractivity contribution is -0.136. The molecule has 6 rings (SSSR count). The summed E-state index contributed by atoms with van der Waals surface area (Å²) in [4.78, 5) is 44.9. The maximum absolute atomic E-state index is 14.2. The van der Waals surface area contributed by atoms with Crippen molar-refractivity contribution in [3.8, 4) is 27.8 Å². The Balaban J connectivity index is 1.55. The quantitative estimate of drug-likeness (QED) is 0.196. The van der Waals surface area contributed by atoms with Gasteiger partial charge in [0, 0.05) is 18.7 Å². The van der Waals surface area contributed by atoms with Crippen molar-refractivity contribution in [1.29, 1.82) is 0 Å². The van der Waals surface area contributed by atoms with Gasteiger partial charge in [-0.05, 0) is 54.3 Å². The molecule has 0 radical (unpaired) electrons. The third kappa shape index (κ3) is 5.29. The van der Waals surface area contributed by atoms with E-state index in [2.05, 4.69) is 4.99 Å². The number of thiazole rings is 1. The minimum absolute atomic E-state index is 0.213. The molecule has 5 aromatic rings. The van der Waals surface area contributed by atoms with Crippen molar-refractivity contribution < 1.29 is 23.8 Å². The zero-order valence-electron chi connectivity index (χ0n) is 24.1. The molecule has 0 aliphatic carbocycles. The van der Waals surface area contributed by atoms with Crippen LogP contribution < -0.4 is 24.4 Å². The number of carbonyl (C=O) groups excluding carboxylic acids is 2. The number of benzene rings is 2. The fraction of sp³-hybridized carbons (Fsp3) is 0.156. The van der Waals surface area contributed by atoms with Crippen molar-refractivity contribution in [2.45, 2.75) is 19.9 Å². The minimum atomic E-state index is -0.870. The molecule has 1 atom stereocenters. The fourth-order valence-corrected chi connectivity index (χ4v) is 6.82. The lowest BCUT2D eigenvalue weighted by Gasteiger charge is -2.25. The highest BCUT2D eigenvalue weighted by Crippen LogP contribution is 2.36. The van der Waals surface area contributed by atoms with Gasteiger partial charge in [-0.1, -0.05) is 41.7 Å². The maximum atomic E-state index is 14.2. The van der Waals surface area contributed by atoms with E-state index in [-0.39, 0.29) is 22.6 Å². The number of allylic oxidation sites excluding steroid dienone is 1. The minimum Gasteiger partial charge on any atom is -0.493 e. The Morgan fingerprint density at radius 1 is 1.02 bits per heavy atom. The molecule has 4 heterocycles. The van der Waals surface area contributed by atoms with Crippen LogP contribution in [-0.4, -0.2) is 40.5 Å². The van der Waals surface area contributed by atoms with E-state index >= 15 is 0 Å². The maximum Gasteiger partial charge on any atom is 0.338 e. The van der Waals surface area contributed by atoms with Crippen LogP contribution in [0.15, 0.2) is 93.3 Å². The standard InChI is InChI=1S/C32H26N4O6S2/c1-18-27(31(39)41-4)29(20-12-13-23(42-19(2)37)24(15-20)40-3)36-30(38)26(44-32(36)33-18)16-21-17-35(22-9-6-5-7-10-22)34-28(21)25-11-8-14-43-25/h5-17,29H,1-4H3/b26-16-/t29-/m1/s1. The van der Waals surface area contributed by atoms with E-state index in [4.69, 9.17) is 19.3 Å². The van der Waals surface area contributed by atoms with Gasteiger partial charge >= 0.3 is 11.9 Å². The molecule has 2 aromatic carbocycles. The summed E-state index contributed by atoms with van der Waals surface area (Å²) >= 11 is 2.78. The highest BCUT2D eigenvalue weighted by molar-refractivity contribution is 7.13. The first-order valence-corrected chi connectivity index (χ1v) is 15.1. The number of hydrogen-bond donors (Lipinski definition) is 0. The van der Waals surface area contributed by atoms with E-state index in [9.17, 15) is 14.4 Å². The summed E-state index contributed by atoms with van der Waals surface area (Å²) in [7, 11) is 2.73. The topological polar surface area (TPSA) is 114 Å². The number of aromatic nitrogens is 3. The number of carbonyl (C=O) groups is 2. The number of esters is 2. The number of hydrogen-bond acceptors (Lipinski definition) is 10. The Morgan fingerprint density at radius 2 is 1.82 bits per heavy atom. The van der Waals surface area contributed by atoms with Gasteiger partial charge in [-0.3, -0.25) is 14.2 Å². The van der Waals surface area contributed by atoms with Crippen molar-refractivity contribution >= 4 is 40.7 Å². The van der Waals surface area contributed by atoms with Crippen LogP contribution in [0.5, 0.6) is 11.5 Å². The van der Waals surface area contributed by atoms with Gasteiger partial charge in [-0.2, -0.15) is 5.10 Å². The van der Waals surface area contributed by atoms with Gasteiger partial charge in [-0.25, -0.2) is 14.5 Å². The van der Waals surface area contributed by atoms with E-state index < -0.39 is 18.0 Å². The van der Waals surface area contributed by atoms with E-state index in [1.165, 1.54) is 37.0 Å². The largest absolute Gasteiger partial charge is 0.493 e. The average molecular weight is 627 g/mol. The Morgan fingerprint density at radius 3 is 2.50 bits per heavy atom. The lowest BCUT2D eigenvalue weighted by atomic mass is 9.95. The number of ether oxygens (including phenoxy) is 3.